The van der Waals surface area contributed by atoms with Gasteiger partial charge in [0.2, 0.25) is 9.84 Å². The Labute approximate surface area is 122 Å². The summed E-state index contributed by atoms with van der Waals surface area (Å²) in [6, 6.07) is 10.2. The van der Waals surface area contributed by atoms with Crippen molar-refractivity contribution in [1.29, 1.82) is 0 Å². The number of rotatable bonds is 2. The largest absolute Gasteiger partial charge is 0.362 e. The number of halogens is 1. The molecule has 4 nitrogen and oxygen atoms in total. The van der Waals surface area contributed by atoms with Gasteiger partial charge in [-0.15, -0.1) is 0 Å². The molecular weight excluding hydrogens is 296 g/mol. The Morgan fingerprint density at radius 3 is 2.60 bits per heavy atom. The molecule has 0 amide bonds. The first kappa shape index (κ1) is 13.3. The van der Waals surface area contributed by atoms with Crippen LogP contribution in [-0.4, -0.2) is 25.3 Å². The third kappa shape index (κ3) is 1.94. The van der Waals surface area contributed by atoms with Crippen LogP contribution in [0.2, 0.25) is 0 Å². The van der Waals surface area contributed by atoms with Crippen molar-refractivity contribution in [3.05, 3.63) is 60.1 Å². The summed E-state index contributed by atoms with van der Waals surface area (Å²) in [7, 11) is -1.82. The molecule has 1 unspecified atom stereocenters. The average molecular weight is 309 g/mol. The molecule has 0 saturated carbocycles. The van der Waals surface area contributed by atoms with Crippen molar-refractivity contribution < 1.29 is 8.42 Å². The van der Waals surface area contributed by atoms with E-state index in [1.54, 1.807) is 60.7 Å². The predicted octanol–water partition coefficient (Wildman–Crippen LogP) is 2.97. The van der Waals surface area contributed by atoms with E-state index in [-0.39, 0.29) is 0 Å². The fourth-order valence-corrected chi connectivity index (χ4v) is 4.54. The topological polar surface area (TPSA) is 53.2 Å². The molecule has 0 aliphatic carbocycles. The van der Waals surface area contributed by atoms with E-state index in [0.29, 0.717) is 15.6 Å². The second kappa shape index (κ2) is 4.68. The van der Waals surface area contributed by atoms with Gasteiger partial charge >= 0.3 is 0 Å². The summed E-state index contributed by atoms with van der Waals surface area (Å²) in [4.78, 5) is 4.91. The molecule has 20 heavy (non-hydrogen) atoms. The number of aromatic amines is 1. The third-order valence-corrected chi connectivity index (χ3v) is 5.72. The molecular formula is C14H13ClN2O2S. The summed E-state index contributed by atoms with van der Waals surface area (Å²) in [5.41, 5.74) is 1.33. The highest BCUT2D eigenvalue weighted by atomic mass is 35.5. The number of benzene rings is 1. The Bertz CT molecular complexity index is 765. The van der Waals surface area contributed by atoms with Gasteiger partial charge in [-0.05, 0) is 18.2 Å². The van der Waals surface area contributed by atoms with Gasteiger partial charge in [0.25, 0.3) is 0 Å². The molecule has 104 valence electrons. The molecule has 1 aromatic carbocycles. The van der Waals surface area contributed by atoms with Crippen LogP contribution in [0.5, 0.6) is 0 Å². The summed E-state index contributed by atoms with van der Waals surface area (Å²) >= 11 is 6.15. The summed E-state index contributed by atoms with van der Waals surface area (Å²) in [5.74, 6) is 0. The van der Waals surface area contributed by atoms with Gasteiger partial charge in [-0.3, -0.25) is 0 Å². The lowest BCUT2D eigenvalue weighted by Crippen LogP contribution is -2.30. The molecule has 1 N–H and O–H groups in total. The summed E-state index contributed by atoms with van der Waals surface area (Å²) in [5, 5.41) is -0.263. The third-order valence-electron chi connectivity index (χ3n) is 3.34. The maximum Gasteiger partial charge on any atom is 0.205 e. The summed E-state index contributed by atoms with van der Waals surface area (Å²) in [6.45, 7) is 0. The van der Waals surface area contributed by atoms with Gasteiger partial charge in [0.15, 0.2) is 5.37 Å². The van der Waals surface area contributed by atoms with Gasteiger partial charge in [0.1, 0.15) is 0 Å². The van der Waals surface area contributed by atoms with Crippen LogP contribution < -0.4 is 0 Å². The fraction of sp³-hybridized carbons (Fsp3) is 0.143. The smallest absolute Gasteiger partial charge is 0.205 e. The van der Waals surface area contributed by atoms with Gasteiger partial charge in [-0.25, -0.2) is 8.42 Å². The first-order valence-electron chi connectivity index (χ1n) is 6.07. The molecule has 6 heteroatoms. The number of nitrogens with one attached hydrogen (secondary N) is 1. The number of H-pyrrole nitrogens is 1. The van der Waals surface area contributed by atoms with Gasteiger partial charge in [0.05, 0.1) is 15.6 Å². The molecule has 1 aliphatic heterocycles. The van der Waals surface area contributed by atoms with Crippen LogP contribution in [0.15, 0.2) is 53.7 Å². The number of aromatic nitrogens is 1. The van der Waals surface area contributed by atoms with Gasteiger partial charge in [-0.2, -0.15) is 0 Å². The maximum atomic E-state index is 12.8. The van der Waals surface area contributed by atoms with Crippen molar-refractivity contribution in [3.63, 3.8) is 0 Å². The molecule has 0 fully saturated rings. The number of hydrogen-bond acceptors (Lipinski definition) is 3. The van der Waals surface area contributed by atoms with E-state index in [4.69, 9.17) is 11.6 Å². The second-order valence-corrected chi connectivity index (χ2v) is 7.07. The van der Waals surface area contributed by atoms with Gasteiger partial charge < -0.3 is 9.88 Å². The van der Waals surface area contributed by atoms with E-state index < -0.39 is 15.2 Å². The van der Waals surface area contributed by atoms with Crippen molar-refractivity contribution >= 4 is 26.5 Å². The number of nitrogens with zero attached hydrogens (tertiary/aromatic N) is 1. The molecule has 1 aromatic heterocycles. The van der Waals surface area contributed by atoms with Crippen molar-refractivity contribution in [2.24, 2.45) is 0 Å². The zero-order chi connectivity index (χ0) is 14.3. The van der Waals surface area contributed by atoms with E-state index in [9.17, 15) is 8.42 Å². The van der Waals surface area contributed by atoms with Crippen molar-refractivity contribution in [3.8, 4) is 0 Å². The molecule has 0 bridgehead atoms. The molecule has 1 aliphatic rings. The van der Waals surface area contributed by atoms with E-state index in [2.05, 4.69) is 4.98 Å². The van der Waals surface area contributed by atoms with Crippen LogP contribution in [0.25, 0.3) is 5.03 Å². The molecule has 3 rings (SSSR count). The quantitative estimate of drug-likeness (QED) is 0.928. The van der Waals surface area contributed by atoms with E-state index in [1.165, 1.54) is 0 Å². The average Bonchev–Trinajstić information content (AvgIpc) is 2.89. The molecule has 1 atom stereocenters. The number of fused-ring (bicyclic) bond motifs is 1. The van der Waals surface area contributed by atoms with Crippen LogP contribution in [0.4, 0.5) is 0 Å². The first-order chi connectivity index (χ1) is 9.51. The highest BCUT2D eigenvalue weighted by molar-refractivity contribution is 7.91. The van der Waals surface area contributed by atoms with Crippen molar-refractivity contribution in [2.75, 3.05) is 7.05 Å². The van der Waals surface area contributed by atoms with E-state index in [1.807, 2.05) is 0 Å². The lowest BCUT2D eigenvalue weighted by Gasteiger charge is -2.30. The number of sulfone groups is 1. The van der Waals surface area contributed by atoms with Crippen LogP contribution in [0, 0.1) is 0 Å². The van der Waals surface area contributed by atoms with E-state index >= 15 is 0 Å². The molecule has 0 saturated heterocycles. The highest BCUT2D eigenvalue weighted by Crippen LogP contribution is 2.40. The minimum atomic E-state index is -3.53. The molecule has 0 radical (unpaired) electrons. The molecule has 0 spiro atoms. The van der Waals surface area contributed by atoms with Gasteiger partial charge in [0, 0.05) is 25.0 Å². The van der Waals surface area contributed by atoms with Crippen LogP contribution in [-0.2, 0) is 9.84 Å². The standard InChI is InChI=1S/C14H13ClN2O2S/c1-17-9-12(15)11-7-8-16-13(11)14(17)20(18,19)10-5-3-2-4-6-10/h2-9,14,16H,1H3. The van der Waals surface area contributed by atoms with E-state index in [0.717, 1.165) is 5.56 Å². The van der Waals surface area contributed by atoms with Crippen molar-refractivity contribution in [2.45, 2.75) is 10.3 Å². The molecule has 2 heterocycles. The Morgan fingerprint density at radius 1 is 1.20 bits per heavy atom. The van der Waals surface area contributed by atoms with Crippen LogP contribution >= 0.6 is 11.6 Å². The Hall–Kier alpha value is -1.72. The highest BCUT2D eigenvalue weighted by Gasteiger charge is 2.37. The van der Waals surface area contributed by atoms with Crippen LogP contribution in [0.3, 0.4) is 0 Å². The summed E-state index contributed by atoms with van der Waals surface area (Å²) < 4.78 is 25.7. The summed E-state index contributed by atoms with van der Waals surface area (Å²) in [6.07, 6.45) is 3.34. The van der Waals surface area contributed by atoms with Crippen molar-refractivity contribution in [1.82, 2.24) is 9.88 Å². The SMILES string of the molecule is CN1C=C(Cl)c2cc[nH]c2C1S(=O)(=O)c1ccccc1. The number of hydrogen-bond donors (Lipinski definition) is 1. The normalized spacial score (nSPS) is 18.6. The Kier molecular flexibility index (Phi) is 3.11. The maximum absolute atomic E-state index is 12.8. The fourth-order valence-electron chi connectivity index (χ4n) is 2.43. The minimum absolute atomic E-state index is 0.295. The minimum Gasteiger partial charge on any atom is -0.362 e. The molecule has 2 aromatic rings. The lowest BCUT2D eigenvalue weighted by molar-refractivity contribution is 0.402. The lowest BCUT2D eigenvalue weighted by atomic mass is 10.2. The predicted molar refractivity (Wildman–Crippen MR) is 78.8 cm³/mol. The monoisotopic (exact) mass is 308 g/mol. The Balaban J connectivity index is 2.16. The van der Waals surface area contributed by atoms with Gasteiger partial charge in [-0.1, -0.05) is 29.8 Å². The zero-order valence-electron chi connectivity index (χ0n) is 10.7. The Morgan fingerprint density at radius 2 is 1.90 bits per heavy atom. The van der Waals surface area contributed by atoms with Crippen LogP contribution in [0.1, 0.15) is 16.6 Å². The first-order valence-corrected chi connectivity index (χ1v) is 8.00. The second-order valence-electron chi connectivity index (χ2n) is 4.66. The zero-order valence-corrected chi connectivity index (χ0v) is 12.3.